The van der Waals surface area contributed by atoms with Gasteiger partial charge in [0, 0.05) is 11.2 Å². The summed E-state index contributed by atoms with van der Waals surface area (Å²) in [5.74, 6) is -5.24. The van der Waals surface area contributed by atoms with E-state index >= 15 is 0 Å². The summed E-state index contributed by atoms with van der Waals surface area (Å²) >= 11 is 1.30. The second-order valence-corrected chi connectivity index (χ2v) is 10.5. The smallest absolute Gasteiger partial charge is 0.331 e. The van der Waals surface area contributed by atoms with Gasteiger partial charge in [0.15, 0.2) is 11.5 Å². The molecule has 2 aromatic carbocycles. The molecule has 8 nitrogen and oxygen atoms in total. The predicted octanol–water partition coefficient (Wildman–Crippen LogP) is 2.10. The van der Waals surface area contributed by atoms with Crippen molar-refractivity contribution >= 4 is 35.5 Å². The molecular weight excluding hydrogens is 444 g/mol. The van der Waals surface area contributed by atoms with Crippen LogP contribution in [0.5, 0.6) is 0 Å². The summed E-state index contributed by atoms with van der Waals surface area (Å²) in [6.45, 7) is 3.56. The molecule has 2 aliphatic heterocycles. The molecule has 2 heterocycles. The molecule has 0 bridgehead atoms. The molecule has 3 N–H and O–H groups in total. The van der Waals surface area contributed by atoms with Crippen LogP contribution in [0.4, 0.5) is 0 Å². The third kappa shape index (κ3) is 3.56. The highest BCUT2D eigenvalue weighted by Crippen LogP contribution is 2.58. The number of rotatable bonds is 7. The molecule has 1 unspecified atom stereocenters. The molecule has 4 rings (SSSR count). The van der Waals surface area contributed by atoms with Crippen LogP contribution in [0.1, 0.15) is 30.9 Å². The van der Waals surface area contributed by atoms with Gasteiger partial charge in [0.2, 0.25) is 11.8 Å². The summed E-state index contributed by atoms with van der Waals surface area (Å²) in [5.41, 5.74) is -0.424. The molecule has 0 spiro atoms. The fourth-order valence-corrected chi connectivity index (χ4v) is 6.49. The molecule has 0 aliphatic carbocycles. The molecule has 2 fully saturated rings. The van der Waals surface area contributed by atoms with E-state index in [0.29, 0.717) is 5.56 Å². The van der Waals surface area contributed by atoms with Gasteiger partial charge in [-0.3, -0.25) is 14.4 Å². The van der Waals surface area contributed by atoms with Crippen molar-refractivity contribution in [2.45, 2.75) is 47.9 Å². The maximum Gasteiger partial charge on any atom is 0.331 e. The predicted molar refractivity (Wildman–Crippen MR) is 122 cm³/mol. The van der Waals surface area contributed by atoms with Crippen molar-refractivity contribution in [1.82, 2.24) is 10.2 Å². The summed E-state index contributed by atoms with van der Waals surface area (Å²) < 4.78 is -0.861. The fraction of sp³-hybridized carbons (Fsp3) is 0.333. The number of hydrogen-bond donors (Lipinski definition) is 3. The van der Waals surface area contributed by atoms with E-state index in [1.165, 1.54) is 28.8 Å². The fourth-order valence-electron chi connectivity index (χ4n) is 4.73. The molecule has 9 heteroatoms. The van der Waals surface area contributed by atoms with Crippen LogP contribution in [0, 0.1) is 0 Å². The van der Waals surface area contributed by atoms with Crippen LogP contribution >= 0.6 is 11.8 Å². The summed E-state index contributed by atoms with van der Waals surface area (Å²) in [6.07, 6.45) is 0.119. The molecule has 0 saturated carbocycles. The quantitative estimate of drug-likeness (QED) is 0.420. The monoisotopic (exact) mass is 468 g/mol. The first-order valence-electron chi connectivity index (χ1n) is 10.5. The lowest BCUT2D eigenvalue weighted by Crippen LogP contribution is -2.76. The Hall–Kier alpha value is -3.33. The molecule has 4 atom stereocenters. The first kappa shape index (κ1) is 22.8. The van der Waals surface area contributed by atoms with Gasteiger partial charge in [0.25, 0.3) is 0 Å². The van der Waals surface area contributed by atoms with Crippen LogP contribution in [-0.2, 0) is 25.6 Å². The number of aliphatic carboxylic acids is 2. The number of β-lactam (4-membered cyclic amide) rings is 1. The normalized spacial score (nSPS) is 26.1. The first-order valence-corrected chi connectivity index (χ1v) is 11.3. The highest BCUT2D eigenvalue weighted by atomic mass is 32.2. The van der Waals surface area contributed by atoms with E-state index in [0.717, 1.165) is 5.56 Å². The lowest BCUT2D eigenvalue weighted by atomic mass is 9.76. The Balaban J connectivity index is 1.61. The number of carbonyl (C=O) groups is 4. The Morgan fingerprint density at radius 3 is 2.15 bits per heavy atom. The lowest BCUT2D eigenvalue weighted by molar-refractivity contribution is -0.172. The minimum atomic E-state index is -1.51. The van der Waals surface area contributed by atoms with Crippen molar-refractivity contribution in [3.8, 4) is 0 Å². The molecule has 172 valence electrons. The van der Waals surface area contributed by atoms with Gasteiger partial charge in [0.05, 0.1) is 0 Å². The van der Waals surface area contributed by atoms with E-state index in [1.54, 1.807) is 32.0 Å². The van der Waals surface area contributed by atoms with Gasteiger partial charge >= 0.3 is 11.9 Å². The Morgan fingerprint density at radius 1 is 1.03 bits per heavy atom. The van der Waals surface area contributed by atoms with E-state index in [1.807, 2.05) is 30.3 Å². The molecule has 2 aliphatic rings. The Morgan fingerprint density at radius 2 is 1.61 bits per heavy atom. The van der Waals surface area contributed by atoms with Crippen LogP contribution in [-0.4, -0.2) is 60.6 Å². The van der Waals surface area contributed by atoms with Crippen LogP contribution in [0.3, 0.4) is 0 Å². The van der Waals surface area contributed by atoms with Crippen molar-refractivity contribution in [2.75, 3.05) is 0 Å². The van der Waals surface area contributed by atoms with Crippen molar-refractivity contribution in [1.29, 1.82) is 0 Å². The van der Waals surface area contributed by atoms with Crippen molar-refractivity contribution in [2.24, 2.45) is 0 Å². The topological polar surface area (TPSA) is 124 Å². The molecule has 2 aromatic rings. The average Bonchev–Trinajstić information content (AvgIpc) is 2.98. The standard InChI is InChI=1S/C24H24N2O6S/c1-23(2)24(22(31)32,13-14-9-5-3-6-10-14)26-19(28)17(20(26)33-23)25-18(27)16(21(29)30)15-11-7-4-8-12-15/h3-12,16-17,20H,13H2,1-2H3,(H,25,27)(H,29,30)(H,31,32)/t16?,17-,20-,24+/m1/s1. The molecule has 0 radical (unpaired) electrons. The number of amides is 2. The third-order valence-electron chi connectivity index (χ3n) is 6.46. The van der Waals surface area contributed by atoms with Gasteiger partial charge in [-0.2, -0.15) is 0 Å². The largest absolute Gasteiger partial charge is 0.480 e. The van der Waals surface area contributed by atoms with Crippen LogP contribution in [0.2, 0.25) is 0 Å². The zero-order valence-corrected chi connectivity index (χ0v) is 18.9. The SMILES string of the molecule is CC1(C)S[C@@H]2[C@H](NC(=O)C(C(=O)O)c3ccccc3)C(=O)N2[C@@]1(Cc1ccccc1)C(=O)O. The lowest BCUT2D eigenvalue weighted by Gasteiger charge is -2.50. The number of nitrogens with zero attached hydrogens (tertiary/aromatic N) is 1. The third-order valence-corrected chi connectivity index (χ3v) is 8.11. The van der Waals surface area contributed by atoms with E-state index in [9.17, 15) is 29.4 Å². The number of fused-ring (bicyclic) bond motifs is 1. The second kappa shape index (κ2) is 8.22. The van der Waals surface area contributed by atoms with E-state index in [2.05, 4.69) is 5.32 Å². The molecular formula is C24H24N2O6S. The van der Waals surface area contributed by atoms with Gasteiger partial charge in [0.1, 0.15) is 11.4 Å². The van der Waals surface area contributed by atoms with E-state index < -0.39 is 51.4 Å². The second-order valence-electron chi connectivity index (χ2n) is 8.72. The Labute approximate surface area is 195 Å². The molecule has 0 aromatic heterocycles. The number of nitrogens with one attached hydrogen (secondary N) is 1. The highest BCUT2D eigenvalue weighted by Gasteiger charge is 2.72. The van der Waals surface area contributed by atoms with E-state index in [4.69, 9.17) is 0 Å². The van der Waals surface area contributed by atoms with Crippen molar-refractivity contribution in [3.63, 3.8) is 0 Å². The summed E-state index contributed by atoms with van der Waals surface area (Å²) in [6, 6.07) is 16.2. The van der Waals surface area contributed by atoms with E-state index in [-0.39, 0.29) is 6.42 Å². The Kier molecular flexibility index (Phi) is 5.69. The van der Waals surface area contributed by atoms with Gasteiger partial charge in [-0.25, -0.2) is 4.79 Å². The molecule has 2 saturated heterocycles. The number of thioether (sulfide) groups is 1. The van der Waals surface area contributed by atoms with Gasteiger partial charge in [-0.15, -0.1) is 11.8 Å². The minimum Gasteiger partial charge on any atom is -0.480 e. The number of carboxylic acid groups (broad SMARTS) is 2. The zero-order chi connectivity index (χ0) is 24.0. The zero-order valence-electron chi connectivity index (χ0n) is 18.1. The van der Waals surface area contributed by atoms with Gasteiger partial charge in [-0.05, 0) is 25.0 Å². The van der Waals surface area contributed by atoms with Crippen LogP contribution in [0.15, 0.2) is 60.7 Å². The summed E-state index contributed by atoms with van der Waals surface area (Å²) in [5, 5.41) is 21.9. The first-order chi connectivity index (χ1) is 15.6. The summed E-state index contributed by atoms with van der Waals surface area (Å²) in [7, 11) is 0. The van der Waals surface area contributed by atoms with Gasteiger partial charge in [-0.1, -0.05) is 60.7 Å². The maximum absolute atomic E-state index is 13.2. The maximum atomic E-state index is 13.2. The highest BCUT2D eigenvalue weighted by molar-refractivity contribution is 8.01. The number of carbonyl (C=O) groups excluding carboxylic acids is 2. The van der Waals surface area contributed by atoms with Crippen molar-refractivity contribution in [3.05, 3.63) is 71.8 Å². The number of hydrogen-bond acceptors (Lipinski definition) is 5. The van der Waals surface area contributed by atoms with Crippen LogP contribution in [0.25, 0.3) is 0 Å². The number of carboxylic acids is 2. The summed E-state index contributed by atoms with van der Waals surface area (Å²) in [4.78, 5) is 51.8. The Bertz CT molecular complexity index is 1110. The van der Waals surface area contributed by atoms with Gasteiger partial charge < -0.3 is 20.4 Å². The minimum absolute atomic E-state index is 0.119. The van der Waals surface area contributed by atoms with Crippen LogP contribution < -0.4 is 5.32 Å². The van der Waals surface area contributed by atoms with Crippen molar-refractivity contribution < 1.29 is 29.4 Å². The molecule has 33 heavy (non-hydrogen) atoms. The molecule has 2 amide bonds. The average molecular weight is 469 g/mol. The number of benzene rings is 2.